The first-order chi connectivity index (χ1) is 3.79. The maximum absolute atomic E-state index is 4.18. The van der Waals surface area contributed by atoms with Crippen molar-refractivity contribution in [3.8, 4) is 0 Å². The molecule has 0 amide bonds. The average Bonchev–Trinajstić information content (AvgIpc) is 1.77. The molecule has 0 fully saturated rings. The Kier molecular flexibility index (Phi) is 1.42. The Morgan fingerprint density at radius 2 is 2.50 bits per heavy atom. The Bertz CT molecular complexity index is 135. The third-order valence-corrected chi connectivity index (χ3v) is 1.12. The summed E-state index contributed by atoms with van der Waals surface area (Å²) in [6.07, 6.45) is 1.83. The Labute approximate surface area is 49.3 Å². The van der Waals surface area contributed by atoms with Gasteiger partial charge in [-0.05, 0) is 13.8 Å². The summed E-state index contributed by atoms with van der Waals surface area (Å²) in [4.78, 5) is 8.33. The van der Waals surface area contributed by atoms with E-state index >= 15 is 0 Å². The van der Waals surface area contributed by atoms with Crippen LogP contribution in [0.3, 0.4) is 0 Å². The van der Waals surface area contributed by atoms with Gasteiger partial charge in [-0.1, -0.05) is 0 Å². The molecule has 1 heterocycles. The van der Waals surface area contributed by atoms with Gasteiger partial charge in [0.05, 0.1) is 12.6 Å². The van der Waals surface area contributed by atoms with Gasteiger partial charge in [0.2, 0.25) is 0 Å². The molecule has 0 aromatic rings. The zero-order valence-electron chi connectivity index (χ0n) is 5.26. The van der Waals surface area contributed by atoms with Gasteiger partial charge in [0, 0.05) is 11.9 Å². The summed E-state index contributed by atoms with van der Waals surface area (Å²) in [6.45, 7) is 4.89. The summed E-state index contributed by atoms with van der Waals surface area (Å²) in [5, 5.41) is 0. The van der Waals surface area contributed by atoms with Crippen LogP contribution in [0.2, 0.25) is 0 Å². The zero-order chi connectivity index (χ0) is 5.98. The van der Waals surface area contributed by atoms with Crippen molar-refractivity contribution in [2.75, 3.05) is 6.54 Å². The lowest BCUT2D eigenvalue weighted by Gasteiger charge is -2.06. The van der Waals surface area contributed by atoms with Crippen LogP contribution in [0.5, 0.6) is 0 Å². The Balaban J connectivity index is 2.58. The number of aliphatic imine (C=N–C) groups is 2. The van der Waals surface area contributed by atoms with Crippen molar-refractivity contribution in [3.63, 3.8) is 0 Å². The summed E-state index contributed by atoms with van der Waals surface area (Å²) in [6, 6.07) is 0.402. The van der Waals surface area contributed by atoms with Gasteiger partial charge < -0.3 is 0 Å². The highest BCUT2D eigenvalue weighted by Gasteiger charge is 1.99. The van der Waals surface area contributed by atoms with Crippen molar-refractivity contribution in [2.24, 2.45) is 9.98 Å². The van der Waals surface area contributed by atoms with Crippen molar-refractivity contribution in [1.82, 2.24) is 0 Å². The Morgan fingerprint density at radius 3 is 2.88 bits per heavy atom. The molecule has 1 rings (SSSR count). The summed E-state index contributed by atoms with van der Waals surface area (Å²) in [7, 11) is 0. The molecule has 2 heteroatoms. The second-order valence-corrected chi connectivity index (χ2v) is 2.11. The van der Waals surface area contributed by atoms with Crippen molar-refractivity contribution in [3.05, 3.63) is 0 Å². The minimum absolute atomic E-state index is 0.402. The summed E-state index contributed by atoms with van der Waals surface area (Å²) in [5.74, 6) is 0. The average molecular weight is 110 g/mol. The van der Waals surface area contributed by atoms with Gasteiger partial charge in [0.1, 0.15) is 0 Å². The molecule has 0 saturated heterocycles. The number of rotatable bonds is 0. The van der Waals surface area contributed by atoms with Crippen LogP contribution in [0.25, 0.3) is 0 Å². The van der Waals surface area contributed by atoms with Crippen LogP contribution in [0.1, 0.15) is 13.8 Å². The number of hydrogen-bond acceptors (Lipinski definition) is 2. The molecule has 0 saturated carbocycles. The van der Waals surface area contributed by atoms with E-state index in [1.54, 1.807) is 0 Å². The van der Waals surface area contributed by atoms with Gasteiger partial charge >= 0.3 is 0 Å². The largest absolute Gasteiger partial charge is 0.286 e. The second-order valence-electron chi connectivity index (χ2n) is 2.11. The van der Waals surface area contributed by atoms with Crippen molar-refractivity contribution < 1.29 is 0 Å². The van der Waals surface area contributed by atoms with E-state index in [2.05, 4.69) is 16.9 Å². The van der Waals surface area contributed by atoms with Crippen LogP contribution < -0.4 is 0 Å². The molecule has 1 unspecified atom stereocenters. The molecule has 8 heavy (non-hydrogen) atoms. The maximum atomic E-state index is 4.18. The minimum Gasteiger partial charge on any atom is -0.286 e. The SMILES string of the molecule is CC1=NCC(C)N=C1. The molecule has 1 atom stereocenters. The molecule has 0 spiro atoms. The van der Waals surface area contributed by atoms with Crippen LogP contribution in [0.15, 0.2) is 9.98 Å². The predicted octanol–water partition coefficient (Wildman–Crippen LogP) is 0.920. The molecule has 0 aromatic heterocycles. The lowest BCUT2D eigenvalue weighted by Crippen LogP contribution is -2.12. The molecule has 0 bridgehead atoms. The smallest absolute Gasteiger partial charge is 0.0667 e. The Morgan fingerprint density at radius 1 is 1.75 bits per heavy atom. The topological polar surface area (TPSA) is 24.7 Å². The highest BCUT2D eigenvalue weighted by molar-refractivity contribution is 6.29. The summed E-state index contributed by atoms with van der Waals surface area (Å²) >= 11 is 0. The van der Waals surface area contributed by atoms with E-state index in [4.69, 9.17) is 0 Å². The van der Waals surface area contributed by atoms with Gasteiger partial charge in [-0.3, -0.25) is 9.98 Å². The standard InChI is InChI=1S/C6H10N2/c1-5-3-8-6(2)4-7-5/h3,6H,4H2,1-2H3. The van der Waals surface area contributed by atoms with E-state index in [0.29, 0.717) is 6.04 Å². The van der Waals surface area contributed by atoms with Crippen LogP contribution >= 0.6 is 0 Å². The van der Waals surface area contributed by atoms with Crippen molar-refractivity contribution >= 4 is 11.9 Å². The molecule has 1 aliphatic heterocycles. The Hall–Kier alpha value is -0.660. The van der Waals surface area contributed by atoms with Crippen LogP contribution in [-0.2, 0) is 0 Å². The molecule has 0 aliphatic carbocycles. The van der Waals surface area contributed by atoms with Gasteiger partial charge in [-0.2, -0.15) is 0 Å². The zero-order valence-corrected chi connectivity index (χ0v) is 5.26. The quantitative estimate of drug-likeness (QED) is 0.443. The van der Waals surface area contributed by atoms with Gasteiger partial charge in [0.25, 0.3) is 0 Å². The first-order valence-corrected chi connectivity index (χ1v) is 2.83. The normalized spacial score (nSPS) is 27.8. The van der Waals surface area contributed by atoms with Gasteiger partial charge in [0.15, 0.2) is 0 Å². The summed E-state index contributed by atoms with van der Waals surface area (Å²) < 4.78 is 0. The molecular formula is C6H10N2. The van der Waals surface area contributed by atoms with Gasteiger partial charge in [-0.25, -0.2) is 0 Å². The molecule has 0 aromatic carbocycles. The van der Waals surface area contributed by atoms with Crippen molar-refractivity contribution in [2.45, 2.75) is 19.9 Å². The second kappa shape index (κ2) is 2.07. The number of hydrogen-bond donors (Lipinski definition) is 0. The molecular weight excluding hydrogens is 100 g/mol. The fourth-order valence-corrected chi connectivity index (χ4v) is 0.599. The highest BCUT2D eigenvalue weighted by Crippen LogP contribution is 1.94. The lowest BCUT2D eigenvalue weighted by atomic mass is 10.3. The fraction of sp³-hybridized carbons (Fsp3) is 0.667. The van der Waals surface area contributed by atoms with E-state index in [0.717, 1.165) is 12.3 Å². The van der Waals surface area contributed by atoms with E-state index in [-0.39, 0.29) is 0 Å². The first-order valence-electron chi connectivity index (χ1n) is 2.83. The first kappa shape index (κ1) is 5.48. The number of nitrogens with zero attached hydrogens (tertiary/aromatic N) is 2. The third kappa shape index (κ3) is 1.15. The third-order valence-electron chi connectivity index (χ3n) is 1.12. The van der Waals surface area contributed by atoms with E-state index in [9.17, 15) is 0 Å². The summed E-state index contributed by atoms with van der Waals surface area (Å²) in [5.41, 5.74) is 1.04. The van der Waals surface area contributed by atoms with E-state index < -0.39 is 0 Å². The molecule has 2 nitrogen and oxygen atoms in total. The maximum Gasteiger partial charge on any atom is 0.0667 e. The monoisotopic (exact) mass is 110 g/mol. The van der Waals surface area contributed by atoms with Crippen LogP contribution in [0.4, 0.5) is 0 Å². The molecule has 0 radical (unpaired) electrons. The fourth-order valence-electron chi connectivity index (χ4n) is 0.599. The minimum atomic E-state index is 0.402. The molecule has 1 aliphatic rings. The predicted molar refractivity (Wildman–Crippen MR) is 35.9 cm³/mol. The van der Waals surface area contributed by atoms with Crippen LogP contribution in [0, 0.1) is 0 Å². The van der Waals surface area contributed by atoms with E-state index in [1.165, 1.54) is 0 Å². The van der Waals surface area contributed by atoms with E-state index in [1.807, 2.05) is 13.1 Å². The lowest BCUT2D eigenvalue weighted by molar-refractivity contribution is 0.753. The van der Waals surface area contributed by atoms with Crippen molar-refractivity contribution in [1.29, 1.82) is 0 Å². The van der Waals surface area contributed by atoms with Crippen LogP contribution in [-0.4, -0.2) is 24.5 Å². The highest BCUT2D eigenvalue weighted by atomic mass is 14.9. The van der Waals surface area contributed by atoms with Gasteiger partial charge in [-0.15, -0.1) is 0 Å². The molecule has 44 valence electrons. The molecule has 0 N–H and O–H groups in total.